The minimum Gasteiger partial charge on any atom is -0.392 e. The molecule has 0 aliphatic carbocycles. The van der Waals surface area contributed by atoms with Crippen LogP contribution in [0.15, 0.2) is 61.3 Å². The van der Waals surface area contributed by atoms with Crippen molar-refractivity contribution < 1.29 is 14.7 Å². The molecule has 0 saturated carbocycles. The third-order valence-electron chi connectivity index (χ3n) is 7.01. The number of fused-ring (bicyclic) bond motifs is 1. The molecule has 0 atom stereocenters. The Balaban J connectivity index is 1.45. The summed E-state index contributed by atoms with van der Waals surface area (Å²) in [6.45, 7) is 8.32. The molecule has 1 amide bonds. The number of aliphatic hydroxyl groups excluding tert-OH is 1. The maximum atomic E-state index is 12.7. The van der Waals surface area contributed by atoms with Crippen molar-refractivity contribution in [3.05, 3.63) is 78.0 Å². The number of anilines is 5. The second-order valence-electron chi connectivity index (χ2n) is 10.1. The number of hydrogen-bond donors (Lipinski definition) is 2. The molecule has 0 radical (unpaired) electrons. The smallest absolute Gasteiger partial charge is 0.253 e. The highest BCUT2D eigenvalue weighted by Gasteiger charge is 2.29. The van der Waals surface area contributed by atoms with E-state index < -0.39 is 0 Å². The zero-order chi connectivity index (χ0) is 28.2. The fourth-order valence-electron chi connectivity index (χ4n) is 4.85. The van der Waals surface area contributed by atoms with Gasteiger partial charge in [0.15, 0.2) is 5.82 Å². The van der Waals surface area contributed by atoms with E-state index in [0.29, 0.717) is 30.5 Å². The first-order valence-corrected chi connectivity index (χ1v) is 13.3. The Bertz CT molecular complexity index is 1370. The number of aromatic nitrogens is 2. The van der Waals surface area contributed by atoms with Gasteiger partial charge < -0.3 is 25.1 Å². The number of nitrogens with one attached hydrogen (secondary N) is 1. The second kappa shape index (κ2) is 12.0. The third kappa shape index (κ3) is 5.77. The summed E-state index contributed by atoms with van der Waals surface area (Å²) in [5.41, 5.74) is 4.75. The molecule has 1 aromatic heterocycles. The highest BCUT2D eigenvalue weighted by molar-refractivity contribution is 5.95. The second-order valence-corrected chi connectivity index (χ2v) is 10.1. The van der Waals surface area contributed by atoms with Crippen molar-refractivity contribution in [2.45, 2.75) is 13.2 Å². The van der Waals surface area contributed by atoms with Gasteiger partial charge in [0.2, 0.25) is 5.95 Å². The van der Waals surface area contributed by atoms with Crippen LogP contribution in [0.4, 0.5) is 28.8 Å². The topological polar surface area (TPSA) is 101 Å². The van der Waals surface area contributed by atoms with Gasteiger partial charge in [0.05, 0.1) is 18.8 Å². The number of likely N-dealkylation sites (N-methyl/N-ethyl adjacent to an activating group) is 1. The van der Waals surface area contributed by atoms with Gasteiger partial charge in [-0.25, -0.2) is 9.99 Å². The first-order valence-electron chi connectivity index (χ1n) is 13.3. The molecule has 0 unspecified atom stereocenters. The molecule has 2 aliphatic rings. The number of rotatable bonds is 8. The SMILES string of the molecule is C=CCN1OCc2cnc(Nc3ccc(N4CCN(C)CC4)c(CO)c3)nc2N1c1cccc(C(=O)N(C)C)c1. The number of amides is 1. The van der Waals surface area contributed by atoms with Crippen LogP contribution in [-0.2, 0) is 18.1 Å². The van der Waals surface area contributed by atoms with Gasteiger partial charge in [0.25, 0.3) is 5.91 Å². The van der Waals surface area contributed by atoms with Crippen molar-refractivity contribution in [3.8, 4) is 0 Å². The summed E-state index contributed by atoms with van der Waals surface area (Å²) in [6, 6.07) is 13.3. The molecule has 5 rings (SSSR count). The zero-order valence-electron chi connectivity index (χ0n) is 23.2. The van der Waals surface area contributed by atoms with Crippen LogP contribution in [-0.4, -0.2) is 89.8 Å². The molecule has 2 aromatic carbocycles. The van der Waals surface area contributed by atoms with Gasteiger partial charge in [-0.15, -0.1) is 6.58 Å². The Hall–Kier alpha value is -4.03. The van der Waals surface area contributed by atoms with Gasteiger partial charge >= 0.3 is 0 Å². The fraction of sp³-hybridized carbons (Fsp3) is 0.345. The number of carbonyl (C=O) groups is 1. The Kier molecular flexibility index (Phi) is 8.27. The summed E-state index contributed by atoms with van der Waals surface area (Å²) < 4.78 is 0. The van der Waals surface area contributed by atoms with Gasteiger partial charge in [0.1, 0.15) is 6.61 Å². The zero-order valence-corrected chi connectivity index (χ0v) is 23.2. The third-order valence-corrected chi connectivity index (χ3v) is 7.01. The van der Waals surface area contributed by atoms with Crippen molar-refractivity contribution in [3.63, 3.8) is 0 Å². The summed E-state index contributed by atoms with van der Waals surface area (Å²) in [4.78, 5) is 34.2. The Morgan fingerprint density at radius 2 is 1.98 bits per heavy atom. The van der Waals surface area contributed by atoms with E-state index in [9.17, 15) is 9.90 Å². The Morgan fingerprint density at radius 3 is 2.70 bits per heavy atom. The first-order chi connectivity index (χ1) is 19.4. The molecule has 210 valence electrons. The monoisotopic (exact) mass is 544 g/mol. The van der Waals surface area contributed by atoms with Gasteiger partial charge in [-0.3, -0.25) is 9.63 Å². The molecule has 2 aliphatic heterocycles. The molecule has 3 heterocycles. The Morgan fingerprint density at radius 1 is 1.18 bits per heavy atom. The summed E-state index contributed by atoms with van der Waals surface area (Å²) in [7, 11) is 5.58. The fourth-order valence-corrected chi connectivity index (χ4v) is 4.85. The molecule has 40 heavy (non-hydrogen) atoms. The largest absolute Gasteiger partial charge is 0.392 e. The van der Waals surface area contributed by atoms with E-state index in [-0.39, 0.29) is 12.5 Å². The highest BCUT2D eigenvalue weighted by atomic mass is 16.7. The molecule has 0 bridgehead atoms. The number of aliphatic hydroxyl groups is 1. The minimum atomic E-state index is -0.0972. The number of piperazine rings is 1. The van der Waals surface area contributed by atoms with E-state index in [1.165, 1.54) is 0 Å². The van der Waals surface area contributed by atoms with Crippen molar-refractivity contribution in [1.29, 1.82) is 0 Å². The van der Waals surface area contributed by atoms with Gasteiger partial charge in [-0.05, 0) is 43.4 Å². The van der Waals surface area contributed by atoms with Crippen LogP contribution in [0.3, 0.4) is 0 Å². The van der Waals surface area contributed by atoms with Crippen LogP contribution in [0, 0.1) is 0 Å². The number of carbonyl (C=O) groups excluding carboxylic acids is 1. The summed E-state index contributed by atoms with van der Waals surface area (Å²) in [6.07, 6.45) is 3.48. The molecule has 0 spiro atoms. The van der Waals surface area contributed by atoms with E-state index in [2.05, 4.69) is 33.7 Å². The van der Waals surface area contributed by atoms with E-state index in [0.717, 1.165) is 54.4 Å². The molecular weight excluding hydrogens is 508 g/mol. The molecule has 1 saturated heterocycles. The number of hydroxylamine groups is 1. The lowest BCUT2D eigenvalue weighted by molar-refractivity contribution is -0.171. The van der Waals surface area contributed by atoms with Crippen LogP contribution >= 0.6 is 0 Å². The molecular formula is C29H36N8O3. The van der Waals surface area contributed by atoms with Crippen LogP contribution in [0.5, 0.6) is 0 Å². The number of benzene rings is 2. The van der Waals surface area contributed by atoms with Gasteiger partial charge in [-0.1, -0.05) is 17.3 Å². The lowest BCUT2D eigenvalue weighted by atomic mass is 10.1. The van der Waals surface area contributed by atoms with Crippen LogP contribution in [0.1, 0.15) is 21.5 Å². The van der Waals surface area contributed by atoms with Crippen molar-refractivity contribution >= 4 is 34.7 Å². The van der Waals surface area contributed by atoms with E-state index in [4.69, 9.17) is 9.82 Å². The Labute approximate surface area is 234 Å². The molecule has 3 aromatic rings. The number of hydrazine groups is 1. The summed E-state index contributed by atoms with van der Waals surface area (Å²) >= 11 is 0. The average Bonchev–Trinajstić information content (AvgIpc) is 2.97. The molecule has 11 heteroatoms. The van der Waals surface area contributed by atoms with Crippen molar-refractivity contribution in [2.75, 3.05) is 69.1 Å². The van der Waals surface area contributed by atoms with Gasteiger partial charge in [-0.2, -0.15) is 4.98 Å². The summed E-state index contributed by atoms with van der Waals surface area (Å²) in [5.74, 6) is 0.942. The maximum absolute atomic E-state index is 12.7. The van der Waals surface area contributed by atoms with Crippen molar-refractivity contribution in [2.24, 2.45) is 0 Å². The molecule has 11 nitrogen and oxygen atoms in total. The van der Waals surface area contributed by atoms with Crippen LogP contribution < -0.4 is 15.2 Å². The lowest BCUT2D eigenvalue weighted by Crippen LogP contribution is -2.44. The molecule has 1 fully saturated rings. The van der Waals surface area contributed by atoms with E-state index in [1.807, 2.05) is 41.4 Å². The van der Waals surface area contributed by atoms with E-state index in [1.54, 1.807) is 42.5 Å². The summed E-state index contributed by atoms with van der Waals surface area (Å²) in [5, 5.41) is 16.9. The van der Waals surface area contributed by atoms with E-state index >= 15 is 0 Å². The van der Waals surface area contributed by atoms with Crippen LogP contribution in [0.2, 0.25) is 0 Å². The lowest BCUT2D eigenvalue weighted by Gasteiger charge is -2.38. The number of hydrogen-bond acceptors (Lipinski definition) is 10. The van der Waals surface area contributed by atoms with Gasteiger partial charge in [0, 0.05) is 74.5 Å². The standard InChI is InChI=1S/C29H36N8O3/c1-5-11-36-37(25-8-6-7-21(17-25)28(39)33(2)3)27-23(20-40-36)18-30-29(32-27)31-24-9-10-26(22(16-24)19-38)35-14-12-34(4)13-15-35/h5-10,16-18,38H,1,11-15,19-20H2,2-4H3,(H,30,31,32). The van der Waals surface area contributed by atoms with Crippen LogP contribution in [0.25, 0.3) is 0 Å². The predicted octanol–water partition coefficient (Wildman–Crippen LogP) is 3.15. The molecule has 2 N–H and O–H groups in total. The average molecular weight is 545 g/mol. The number of nitrogens with zero attached hydrogens (tertiary/aromatic N) is 7. The highest BCUT2D eigenvalue weighted by Crippen LogP contribution is 2.35. The quantitative estimate of drug-likeness (QED) is 0.412. The van der Waals surface area contributed by atoms with Crippen molar-refractivity contribution in [1.82, 2.24) is 24.9 Å². The predicted molar refractivity (Wildman–Crippen MR) is 156 cm³/mol. The maximum Gasteiger partial charge on any atom is 0.253 e. The first kappa shape index (κ1) is 27.5. The normalized spacial score (nSPS) is 16.0. The minimum absolute atomic E-state index is 0.0636.